The van der Waals surface area contributed by atoms with Crippen molar-refractivity contribution in [2.45, 2.75) is 20.0 Å². The van der Waals surface area contributed by atoms with E-state index in [9.17, 15) is 18.8 Å². The summed E-state index contributed by atoms with van der Waals surface area (Å²) in [5.74, 6) is -0.894. The SMILES string of the molecule is CCOc1ccc(C(=O)C(C)OC(=O)c2ccc(OCC(=O)Nc3ccc(F)cc3)c(OC)c2)cc1. The molecule has 0 heterocycles. The number of carbonyl (C=O) groups is 3. The van der Waals surface area contributed by atoms with E-state index in [1.807, 2.05) is 6.92 Å². The number of ether oxygens (including phenoxy) is 4. The summed E-state index contributed by atoms with van der Waals surface area (Å²) in [5.41, 5.74) is 0.948. The highest BCUT2D eigenvalue weighted by molar-refractivity contribution is 6.01. The molecule has 0 aliphatic rings. The lowest BCUT2D eigenvalue weighted by atomic mass is 10.1. The number of halogens is 1. The van der Waals surface area contributed by atoms with Gasteiger partial charge in [0.2, 0.25) is 5.78 Å². The largest absolute Gasteiger partial charge is 0.494 e. The van der Waals surface area contributed by atoms with Crippen molar-refractivity contribution in [1.82, 2.24) is 0 Å². The van der Waals surface area contributed by atoms with Gasteiger partial charge in [0.25, 0.3) is 5.91 Å². The zero-order valence-electron chi connectivity index (χ0n) is 20.1. The van der Waals surface area contributed by atoms with Crippen LogP contribution in [0.15, 0.2) is 66.7 Å². The van der Waals surface area contributed by atoms with E-state index in [2.05, 4.69) is 5.32 Å². The molecule has 0 radical (unpaired) electrons. The molecule has 1 N–H and O–H groups in total. The van der Waals surface area contributed by atoms with Crippen LogP contribution in [-0.2, 0) is 9.53 Å². The zero-order valence-corrected chi connectivity index (χ0v) is 20.1. The van der Waals surface area contributed by atoms with Crippen LogP contribution in [-0.4, -0.2) is 44.1 Å². The summed E-state index contributed by atoms with van der Waals surface area (Å²) >= 11 is 0. The normalized spacial score (nSPS) is 11.2. The Labute approximate surface area is 207 Å². The van der Waals surface area contributed by atoms with Crippen LogP contribution in [0.25, 0.3) is 0 Å². The number of Topliss-reactive ketones (excluding diaryl/α,β-unsaturated/α-hetero) is 1. The average Bonchev–Trinajstić information content (AvgIpc) is 2.88. The van der Waals surface area contributed by atoms with Gasteiger partial charge in [-0.25, -0.2) is 9.18 Å². The van der Waals surface area contributed by atoms with Crippen LogP contribution in [0.4, 0.5) is 10.1 Å². The minimum atomic E-state index is -1.02. The summed E-state index contributed by atoms with van der Waals surface area (Å²) in [5, 5.41) is 2.58. The van der Waals surface area contributed by atoms with E-state index in [4.69, 9.17) is 18.9 Å². The van der Waals surface area contributed by atoms with Crippen molar-refractivity contribution in [1.29, 1.82) is 0 Å². The van der Waals surface area contributed by atoms with E-state index in [1.54, 1.807) is 24.3 Å². The molecule has 1 unspecified atom stereocenters. The fourth-order valence-corrected chi connectivity index (χ4v) is 3.19. The first-order valence-electron chi connectivity index (χ1n) is 11.1. The van der Waals surface area contributed by atoms with Gasteiger partial charge in [-0.2, -0.15) is 0 Å². The Bertz CT molecular complexity index is 1210. The molecule has 0 saturated heterocycles. The second-order valence-corrected chi connectivity index (χ2v) is 7.58. The quantitative estimate of drug-likeness (QED) is 0.305. The van der Waals surface area contributed by atoms with Crippen LogP contribution in [0.1, 0.15) is 34.6 Å². The molecule has 0 fully saturated rings. The number of nitrogens with one attached hydrogen (secondary N) is 1. The van der Waals surface area contributed by atoms with E-state index in [0.29, 0.717) is 23.6 Å². The predicted molar refractivity (Wildman–Crippen MR) is 130 cm³/mol. The van der Waals surface area contributed by atoms with Gasteiger partial charge in [0.05, 0.1) is 19.3 Å². The van der Waals surface area contributed by atoms with Crippen molar-refractivity contribution in [2.24, 2.45) is 0 Å². The highest BCUT2D eigenvalue weighted by atomic mass is 19.1. The molecule has 3 aromatic rings. The molecule has 0 saturated carbocycles. The maximum atomic E-state index is 13.0. The van der Waals surface area contributed by atoms with Gasteiger partial charge in [0, 0.05) is 11.3 Å². The van der Waals surface area contributed by atoms with Crippen LogP contribution in [0.2, 0.25) is 0 Å². The van der Waals surface area contributed by atoms with Gasteiger partial charge in [0.15, 0.2) is 24.2 Å². The number of ketones is 1. The number of methoxy groups -OCH3 is 1. The van der Waals surface area contributed by atoms with Crippen LogP contribution in [0.5, 0.6) is 17.2 Å². The van der Waals surface area contributed by atoms with Gasteiger partial charge < -0.3 is 24.3 Å². The number of esters is 1. The number of benzene rings is 3. The maximum absolute atomic E-state index is 13.0. The first kappa shape index (κ1) is 26.2. The van der Waals surface area contributed by atoms with Crippen molar-refractivity contribution in [3.63, 3.8) is 0 Å². The molecule has 188 valence electrons. The predicted octanol–water partition coefficient (Wildman–Crippen LogP) is 4.68. The Kier molecular flexibility index (Phi) is 8.99. The van der Waals surface area contributed by atoms with Gasteiger partial charge in [-0.3, -0.25) is 9.59 Å². The second-order valence-electron chi connectivity index (χ2n) is 7.58. The van der Waals surface area contributed by atoms with Crippen molar-refractivity contribution < 1.29 is 37.7 Å². The summed E-state index contributed by atoms with van der Waals surface area (Å²) in [6.07, 6.45) is -1.02. The van der Waals surface area contributed by atoms with E-state index in [-0.39, 0.29) is 29.5 Å². The minimum absolute atomic E-state index is 0.140. The van der Waals surface area contributed by atoms with Crippen molar-refractivity contribution in [3.05, 3.63) is 83.7 Å². The van der Waals surface area contributed by atoms with Crippen molar-refractivity contribution in [3.8, 4) is 17.2 Å². The van der Waals surface area contributed by atoms with Crippen molar-refractivity contribution >= 4 is 23.3 Å². The molecule has 3 rings (SSSR count). The van der Waals surface area contributed by atoms with Crippen LogP contribution < -0.4 is 19.5 Å². The fourth-order valence-electron chi connectivity index (χ4n) is 3.19. The topological polar surface area (TPSA) is 100 Å². The van der Waals surface area contributed by atoms with Gasteiger partial charge in [-0.05, 0) is 80.6 Å². The molecular formula is C27H26FNO7. The van der Waals surface area contributed by atoms with Gasteiger partial charge in [0.1, 0.15) is 11.6 Å². The third-order valence-corrected chi connectivity index (χ3v) is 4.99. The van der Waals surface area contributed by atoms with Gasteiger partial charge in [-0.1, -0.05) is 0 Å². The third kappa shape index (κ3) is 7.05. The van der Waals surface area contributed by atoms with E-state index < -0.39 is 23.8 Å². The summed E-state index contributed by atoms with van der Waals surface area (Å²) in [6.45, 7) is 3.52. The zero-order chi connectivity index (χ0) is 26.1. The third-order valence-electron chi connectivity index (χ3n) is 4.99. The minimum Gasteiger partial charge on any atom is -0.494 e. The Morgan fingerprint density at radius 3 is 2.19 bits per heavy atom. The van der Waals surface area contributed by atoms with Gasteiger partial charge >= 0.3 is 5.97 Å². The summed E-state index contributed by atoms with van der Waals surface area (Å²) in [6, 6.07) is 16.2. The highest BCUT2D eigenvalue weighted by Gasteiger charge is 2.22. The smallest absolute Gasteiger partial charge is 0.338 e. The van der Waals surface area contributed by atoms with E-state index in [0.717, 1.165) is 0 Å². The monoisotopic (exact) mass is 495 g/mol. The number of rotatable bonds is 11. The molecule has 9 heteroatoms. The van der Waals surface area contributed by atoms with Gasteiger partial charge in [-0.15, -0.1) is 0 Å². The number of hydrogen-bond donors (Lipinski definition) is 1. The number of anilines is 1. The van der Waals surface area contributed by atoms with Crippen LogP contribution in [0.3, 0.4) is 0 Å². The summed E-state index contributed by atoms with van der Waals surface area (Å²) in [4.78, 5) is 37.4. The summed E-state index contributed by atoms with van der Waals surface area (Å²) < 4.78 is 34.4. The fraction of sp³-hybridized carbons (Fsp3) is 0.222. The maximum Gasteiger partial charge on any atom is 0.338 e. The Hall–Kier alpha value is -4.40. The Morgan fingerprint density at radius 2 is 1.56 bits per heavy atom. The molecule has 3 aromatic carbocycles. The van der Waals surface area contributed by atoms with Crippen LogP contribution in [0, 0.1) is 5.82 Å². The first-order valence-corrected chi connectivity index (χ1v) is 11.1. The van der Waals surface area contributed by atoms with Crippen molar-refractivity contribution in [2.75, 3.05) is 25.6 Å². The average molecular weight is 496 g/mol. The molecule has 0 bridgehead atoms. The first-order chi connectivity index (χ1) is 17.3. The molecule has 0 spiro atoms. The Balaban J connectivity index is 1.58. The molecule has 0 aliphatic heterocycles. The van der Waals surface area contributed by atoms with Crippen LogP contribution >= 0.6 is 0 Å². The molecular weight excluding hydrogens is 469 g/mol. The van der Waals surface area contributed by atoms with E-state index >= 15 is 0 Å². The standard InChI is InChI=1S/C27H26FNO7/c1-4-34-22-12-5-18(6-13-22)26(31)17(2)36-27(32)19-7-14-23(24(15-19)33-3)35-16-25(30)29-21-10-8-20(28)9-11-21/h5-15,17H,4,16H2,1-3H3,(H,29,30). The lowest BCUT2D eigenvalue weighted by Crippen LogP contribution is -2.24. The molecule has 1 atom stereocenters. The summed E-state index contributed by atoms with van der Waals surface area (Å²) in [7, 11) is 1.38. The lowest BCUT2D eigenvalue weighted by Gasteiger charge is -2.15. The number of carbonyl (C=O) groups excluding carboxylic acids is 3. The number of hydrogen-bond acceptors (Lipinski definition) is 7. The molecule has 8 nitrogen and oxygen atoms in total. The molecule has 0 aliphatic carbocycles. The highest BCUT2D eigenvalue weighted by Crippen LogP contribution is 2.28. The Morgan fingerprint density at radius 1 is 0.889 bits per heavy atom. The molecule has 0 aromatic heterocycles. The second kappa shape index (κ2) is 12.3. The molecule has 1 amide bonds. The lowest BCUT2D eigenvalue weighted by molar-refractivity contribution is -0.118. The number of amides is 1. The van der Waals surface area contributed by atoms with E-state index in [1.165, 1.54) is 56.5 Å². The molecule has 36 heavy (non-hydrogen) atoms.